The van der Waals surface area contributed by atoms with Crippen molar-refractivity contribution in [3.8, 4) is 0 Å². The fraction of sp³-hybridized carbons (Fsp3) is 0.167. The van der Waals surface area contributed by atoms with E-state index in [0.717, 1.165) is 10.0 Å². The van der Waals surface area contributed by atoms with Gasteiger partial charge in [-0.15, -0.1) is 0 Å². The molecule has 0 radical (unpaired) electrons. The van der Waals surface area contributed by atoms with E-state index in [-0.39, 0.29) is 11.7 Å². The zero-order valence-corrected chi connectivity index (χ0v) is 11.0. The highest BCUT2D eigenvalue weighted by Gasteiger charge is 2.13. The third-order valence-corrected chi connectivity index (χ3v) is 3.34. The van der Waals surface area contributed by atoms with E-state index in [1.165, 1.54) is 0 Å². The van der Waals surface area contributed by atoms with Crippen LogP contribution in [0.25, 0.3) is 0 Å². The first-order chi connectivity index (χ1) is 8.08. The summed E-state index contributed by atoms with van der Waals surface area (Å²) in [6.07, 6.45) is 0. The monoisotopic (exact) mass is 294 g/mol. The van der Waals surface area contributed by atoms with Crippen LogP contribution in [0.1, 0.15) is 21.8 Å². The molecule has 0 spiro atoms. The lowest BCUT2D eigenvalue weighted by Gasteiger charge is -2.07. The summed E-state index contributed by atoms with van der Waals surface area (Å²) in [7, 11) is 0. The average molecular weight is 295 g/mol. The van der Waals surface area contributed by atoms with Crippen molar-refractivity contribution in [1.29, 1.82) is 0 Å². The van der Waals surface area contributed by atoms with E-state index in [1.807, 2.05) is 25.1 Å². The number of halogens is 1. The van der Waals surface area contributed by atoms with Crippen LogP contribution in [0.15, 0.2) is 33.3 Å². The second kappa shape index (κ2) is 4.71. The van der Waals surface area contributed by atoms with Crippen LogP contribution >= 0.6 is 15.9 Å². The molecule has 17 heavy (non-hydrogen) atoms. The maximum atomic E-state index is 11.8. The molecule has 1 heterocycles. The topological polar surface area (TPSA) is 55.1 Å². The van der Waals surface area contributed by atoms with Crippen molar-refractivity contribution in [3.63, 3.8) is 0 Å². The summed E-state index contributed by atoms with van der Waals surface area (Å²) < 4.78 is 5.76. The van der Waals surface area contributed by atoms with Crippen LogP contribution in [0.3, 0.4) is 0 Å². The highest BCUT2D eigenvalue weighted by Crippen LogP contribution is 2.26. The molecular formula is C12H11BrN2O2. The normalized spacial score (nSPS) is 10.3. The van der Waals surface area contributed by atoms with E-state index in [2.05, 4.69) is 26.4 Å². The van der Waals surface area contributed by atoms with Gasteiger partial charge in [0.25, 0.3) is 5.91 Å². The van der Waals surface area contributed by atoms with Crippen LogP contribution in [-0.2, 0) is 0 Å². The fourth-order valence-corrected chi connectivity index (χ4v) is 1.76. The van der Waals surface area contributed by atoms with Crippen molar-refractivity contribution in [2.24, 2.45) is 0 Å². The maximum absolute atomic E-state index is 11.8. The molecule has 88 valence electrons. The molecule has 1 N–H and O–H groups in total. The van der Waals surface area contributed by atoms with Crippen LogP contribution in [0, 0.1) is 13.8 Å². The second-order valence-electron chi connectivity index (χ2n) is 3.72. The van der Waals surface area contributed by atoms with Gasteiger partial charge in [-0.3, -0.25) is 4.79 Å². The lowest BCUT2D eigenvalue weighted by Crippen LogP contribution is -2.11. The third-order valence-electron chi connectivity index (χ3n) is 2.29. The number of hydrogen-bond donors (Lipinski definition) is 1. The molecule has 5 heteroatoms. The van der Waals surface area contributed by atoms with Gasteiger partial charge in [-0.25, -0.2) is 0 Å². The van der Waals surface area contributed by atoms with Gasteiger partial charge >= 0.3 is 0 Å². The number of benzene rings is 1. The Labute approximate surface area is 107 Å². The molecule has 1 amide bonds. The number of hydrogen-bond acceptors (Lipinski definition) is 3. The Morgan fingerprint density at radius 3 is 2.82 bits per heavy atom. The van der Waals surface area contributed by atoms with Gasteiger partial charge in [0.05, 0.1) is 11.4 Å². The quantitative estimate of drug-likeness (QED) is 0.924. The molecule has 2 rings (SSSR count). The SMILES string of the molecule is Cc1cc(C(=O)Nc2cccc(C)c2Br)on1. The third kappa shape index (κ3) is 2.55. The van der Waals surface area contributed by atoms with Gasteiger partial charge in [0.2, 0.25) is 5.76 Å². The molecule has 0 aliphatic heterocycles. The van der Waals surface area contributed by atoms with Gasteiger partial charge in [0, 0.05) is 10.5 Å². The summed E-state index contributed by atoms with van der Waals surface area (Å²) in [5.41, 5.74) is 2.44. The van der Waals surface area contributed by atoms with E-state index in [1.54, 1.807) is 13.0 Å². The minimum absolute atomic E-state index is 0.205. The Balaban J connectivity index is 2.21. The molecule has 0 aliphatic rings. The Hall–Kier alpha value is -1.62. The van der Waals surface area contributed by atoms with E-state index in [4.69, 9.17) is 4.52 Å². The Bertz CT molecular complexity index is 563. The highest BCUT2D eigenvalue weighted by atomic mass is 79.9. The van der Waals surface area contributed by atoms with E-state index in [9.17, 15) is 4.79 Å². The maximum Gasteiger partial charge on any atom is 0.294 e. The largest absolute Gasteiger partial charge is 0.351 e. The molecule has 0 saturated heterocycles. The zero-order chi connectivity index (χ0) is 12.4. The van der Waals surface area contributed by atoms with Crippen molar-refractivity contribution >= 4 is 27.5 Å². The van der Waals surface area contributed by atoms with Gasteiger partial charge in [-0.05, 0) is 41.4 Å². The zero-order valence-electron chi connectivity index (χ0n) is 9.45. The number of carbonyl (C=O) groups is 1. The van der Waals surface area contributed by atoms with Crippen LogP contribution in [0.5, 0.6) is 0 Å². The number of nitrogens with zero attached hydrogens (tertiary/aromatic N) is 1. The molecule has 1 aromatic heterocycles. The second-order valence-corrected chi connectivity index (χ2v) is 4.52. The average Bonchev–Trinajstić information content (AvgIpc) is 2.72. The van der Waals surface area contributed by atoms with Crippen LogP contribution in [0.2, 0.25) is 0 Å². The number of nitrogens with one attached hydrogen (secondary N) is 1. The van der Waals surface area contributed by atoms with Gasteiger partial charge < -0.3 is 9.84 Å². The molecule has 2 aromatic rings. The van der Waals surface area contributed by atoms with Crippen molar-refractivity contribution in [3.05, 3.63) is 45.8 Å². The van der Waals surface area contributed by atoms with E-state index >= 15 is 0 Å². The molecule has 4 nitrogen and oxygen atoms in total. The number of carbonyl (C=O) groups excluding carboxylic acids is 1. The molecule has 0 unspecified atom stereocenters. The minimum atomic E-state index is -0.308. The Morgan fingerprint density at radius 2 is 2.18 bits per heavy atom. The lowest BCUT2D eigenvalue weighted by molar-refractivity contribution is 0.0988. The Morgan fingerprint density at radius 1 is 1.41 bits per heavy atom. The predicted molar refractivity (Wildman–Crippen MR) is 68.1 cm³/mol. The number of anilines is 1. The van der Waals surface area contributed by atoms with Crippen LogP contribution < -0.4 is 5.32 Å². The standard InChI is InChI=1S/C12H11BrN2O2/c1-7-4-3-5-9(11(7)13)14-12(16)10-6-8(2)15-17-10/h3-6H,1-2H3,(H,14,16). The first-order valence-corrected chi connectivity index (χ1v) is 5.87. The number of aryl methyl sites for hydroxylation is 2. The molecule has 0 saturated carbocycles. The summed E-state index contributed by atoms with van der Waals surface area (Å²) in [5, 5.41) is 6.43. The summed E-state index contributed by atoms with van der Waals surface area (Å²) >= 11 is 3.43. The van der Waals surface area contributed by atoms with Crippen LogP contribution in [-0.4, -0.2) is 11.1 Å². The molecule has 1 aromatic carbocycles. The first-order valence-electron chi connectivity index (χ1n) is 5.07. The molecule has 0 fully saturated rings. The van der Waals surface area contributed by atoms with Gasteiger partial charge in [0.15, 0.2) is 0 Å². The van der Waals surface area contributed by atoms with Gasteiger partial charge in [-0.1, -0.05) is 17.3 Å². The summed E-state index contributed by atoms with van der Waals surface area (Å²) in [4.78, 5) is 11.8. The lowest BCUT2D eigenvalue weighted by atomic mass is 10.2. The first kappa shape index (κ1) is 11.9. The minimum Gasteiger partial charge on any atom is -0.351 e. The molecule has 0 atom stereocenters. The Kier molecular flexibility index (Phi) is 3.28. The molecule has 0 bridgehead atoms. The van der Waals surface area contributed by atoms with E-state index < -0.39 is 0 Å². The number of aromatic nitrogens is 1. The predicted octanol–water partition coefficient (Wildman–Crippen LogP) is 3.31. The van der Waals surface area contributed by atoms with Gasteiger partial charge in [-0.2, -0.15) is 0 Å². The summed E-state index contributed by atoms with van der Waals surface area (Å²) in [6.45, 7) is 3.72. The van der Waals surface area contributed by atoms with Crippen LogP contribution in [0.4, 0.5) is 5.69 Å². The summed E-state index contributed by atoms with van der Waals surface area (Å²) in [5.74, 6) is -0.104. The smallest absolute Gasteiger partial charge is 0.294 e. The van der Waals surface area contributed by atoms with E-state index in [0.29, 0.717) is 11.4 Å². The van der Waals surface area contributed by atoms with Crippen molar-refractivity contribution in [2.75, 3.05) is 5.32 Å². The highest BCUT2D eigenvalue weighted by molar-refractivity contribution is 9.10. The van der Waals surface area contributed by atoms with Gasteiger partial charge in [0.1, 0.15) is 0 Å². The summed E-state index contributed by atoms with van der Waals surface area (Å²) in [6, 6.07) is 7.25. The number of amides is 1. The van der Waals surface area contributed by atoms with Crippen molar-refractivity contribution in [2.45, 2.75) is 13.8 Å². The fourth-order valence-electron chi connectivity index (χ4n) is 1.40. The number of rotatable bonds is 2. The molecular weight excluding hydrogens is 284 g/mol. The van der Waals surface area contributed by atoms with Crippen molar-refractivity contribution < 1.29 is 9.32 Å². The molecule has 0 aliphatic carbocycles. The van der Waals surface area contributed by atoms with Crippen molar-refractivity contribution in [1.82, 2.24) is 5.16 Å².